The number of hydrogen-bond donors (Lipinski definition) is 1. The first-order valence-electron chi connectivity index (χ1n) is 9.17. The molecule has 0 unspecified atom stereocenters. The number of carbonyl (C=O) groups is 2. The van der Waals surface area contributed by atoms with Crippen molar-refractivity contribution in [2.75, 3.05) is 31.6 Å². The number of anilines is 1. The third-order valence-electron chi connectivity index (χ3n) is 5.24. The van der Waals surface area contributed by atoms with Gasteiger partial charge < -0.3 is 15.0 Å². The van der Waals surface area contributed by atoms with E-state index in [0.29, 0.717) is 31.5 Å². The van der Waals surface area contributed by atoms with E-state index in [-0.39, 0.29) is 17.9 Å². The summed E-state index contributed by atoms with van der Waals surface area (Å²) >= 11 is 0. The van der Waals surface area contributed by atoms with E-state index in [1.807, 2.05) is 0 Å². The summed E-state index contributed by atoms with van der Waals surface area (Å²) in [7, 11) is 0. The number of benzene rings is 1. The second kappa shape index (κ2) is 7.88. The molecule has 1 aromatic carbocycles. The zero-order chi connectivity index (χ0) is 19.6. The molecule has 5 nitrogen and oxygen atoms in total. The van der Waals surface area contributed by atoms with Crippen LogP contribution in [0.2, 0.25) is 0 Å². The molecule has 0 aromatic heterocycles. The van der Waals surface area contributed by atoms with Crippen LogP contribution < -0.4 is 5.32 Å². The molecule has 3 rings (SSSR count). The summed E-state index contributed by atoms with van der Waals surface area (Å²) in [6, 6.07) is 2.99. The minimum absolute atomic E-state index is 0.0581. The molecular weight excluding hydrogens is 361 g/mol. The van der Waals surface area contributed by atoms with Gasteiger partial charge in [0, 0.05) is 30.9 Å². The van der Waals surface area contributed by atoms with E-state index in [4.69, 9.17) is 4.74 Å². The van der Waals surface area contributed by atoms with Crippen LogP contribution in [0, 0.1) is 11.8 Å². The van der Waals surface area contributed by atoms with Crippen molar-refractivity contribution in [3.63, 3.8) is 0 Å². The number of alkyl halides is 3. The molecule has 8 heteroatoms. The molecule has 27 heavy (non-hydrogen) atoms. The number of ether oxygens (including phenoxy) is 1. The maximum Gasteiger partial charge on any atom is 0.416 e. The highest BCUT2D eigenvalue weighted by molar-refractivity contribution is 5.98. The number of nitrogens with one attached hydrogen (secondary N) is 1. The van der Waals surface area contributed by atoms with Crippen LogP contribution in [-0.2, 0) is 15.7 Å². The van der Waals surface area contributed by atoms with Crippen LogP contribution in [0.15, 0.2) is 18.2 Å². The first kappa shape index (κ1) is 19.7. The number of rotatable bonds is 5. The molecule has 1 heterocycles. The lowest BCUT2D eigenvalue weighted by Gasteiger charge is -2.19. The van der Waals surface area contributed by atoms with Crippen LogP contribution in [0.25, 0.3) is 0 Å². The molecule has 148 valence electrons. The molecule has 2 aliphatic rings. The van der Waals surface area contributed by atoms with E-state index in [2.05, 4.69) is 5.32 Å². The summed E-state index contributed by atoms with van der Waals surface area (Å²) in [6.07, 6.45) is -1.33. The van der Waals surface area contributed by atoms with Gasteiger partial charge in [-0.25, -0.2) is 0 Å². The Kier molecular flexibility index (Phi) is 5.74. The molecule has 1 saturated heterocycles. The van der Waals surface area contributed by atoms with Crippen molar-refractivity contribution in [2.24, 2.45) is 11.8 Å². The summed E-state index contributed by atoms with van der Waals surface area (Å²) in [6.45, 7) is 2.94. The van der Waals surface area contributed by atoms with E-state index in [9.17, 15) is 22.8 Å². The maximum absolute atomic E-state index is 13.3. The SMILES string of the molecule is CCOCC(=O)Nc1cc(C(=O)N2C[C@H]3CCC[C@H]3C2)cc(C(F)(F)F)c1. The summed E-state index contributed by atoms with van der Waals surface area (Å²) in [5, 5.41) is 2.38. The monoisotopic (exact) mass is 384 g/mol. The van der Waals surface area contributed by atoms with Gasteiger partial charge in [-0.3, -0.25) is 9.59 Å². The van der Waals surface area contributed by atoms with Gasteiger partial charge in [0.15, 0.2) is 0 Å². The molecule has 1 aliphatic heterocycles. The first-order chi connectivity index (χ1) is 12.8. The van der Waals surface area contributed by atoms with Crippen molar-refractivity contribution in [1.82, 2.24) is 4.90 Å². The van der Waals surface area contributed by atoms with Gasteiger partial charge in [-0.15, -0.1) is 0 Å². The van der Waals surface area contributed by atoms with Gasteiger partial charge in [-0.1, -0.05) is 6.42 Å². The van der Waals surface area contributed by atoms with E-state index in [1.165, 1.54) is 6.07 Å². The fourth-order valence-electron chi connectivity index (χ4n) is 3.96. The second-order valence-corrected chi connectivity index (χ2v) is 7.14. The van der Waals surface area contributed by atoms with Crippen LogP contribution in [0.3, 0.4) is 0 Å². The molecular formula is C19H23F3N2O3. The van der Waals surface area contributed by atoms with Gasteiger partial charge in [0.1, 0.15) is 6.61 Å². The Hall–Kier alpha value is -2.09. The average Bonchev–Trinajstić information content (AvgIpc) is 3.20. The molecule has 1 saturated carbocycles. The van der Waals surface area contributed by atoms with Gasteiger partial charge in [0.25, 0.3) is 5.91 Å². The van der Waals surface area contributed by atoms with Crippen LogP contribution in [0.4, 0.5) is 18.9 Å². The average molecular weight is 384 g/mol. The first-order valence-corrected chi connectivity index (χ1v) is 9.17. The minimum Gasteiger partial charge on any atom is -0.372 e. The van der Waals surface area contributed by atoms with Crippen LogP contribution >= 0.6 is 0 Å². The van der Waals surface area contributed by atoms with Crippen LogP contribution in [0.5, 0.6) is 0 Å². The normalized spacial score (nSPS) is 22.0. The molecule has 2 amide bonds. The Labute approximate surface area is 155 Å². The van der Waals surface area contributed by atoms with Crippen molar-refractivity contribution >= 4 is 17.5 Å². The van der Waals surface area contributed by atoms with Crippen LogP contribution in [-0.4, -0.2) is 43.0 Å². The quantitative estimate of drug-likeness (QED) is 0.845. The Morgan fingerprint density at radius 1 is 1.19 bits per heavy atom. The lowest BCUT2D eigenvalue weighted by atomic mass is 10.0. The highest BCUT2D eigenvalue weighted by Crippen LogP contribution is 2.39. The standard InChI is InChI=1S/C19H23F3N2O3/c1-2-27-11-17(25)23-16-7-14(6-15(8-16)19(20,21)22)18(26)24-9-12-4-3-5-13(12)10-24/h6-8,12-13H,2-5,9-11H2,1H3,(H,23,25)/t12-,13+. The van der Waals surface area contributed by atoms with E-state index < -0.39 is 23.6 Å². The van der Waals surface area contributed by atoms with Crippen molar-refractivity contribution in [1.29, 1.82) is 0 Å². The zero-order valence-corrected chi connectivity index (χ0v) is 15.1. The minimum atomic E-state index is -4.61. The molecule has 0 spiro atoms. The number of likely N-dealkylation sites (tertiary alicyclic amines) is 1. The Morgan fingerprint density at radius 2 is 1.85 bits per heavy atom. The number of nitrogens with zero attached hydrogens (tertiary/aromatic N) is 1. The zero-order valence-electron chi connectivity index (χ0n) is 15.1. The molecule has 1 aliphatic carbocycles. The number of hydrogen-bond acceptors (Lipinski definition) is 3. The van der Waals surface area contributed by atoms with E-state index in [1.54, 1.807) is 11.8 Å². The third-order valence-corrected chi connectivity index (χ3v) is 5.24. The van der Waals surface area contributed by atoms with Gasteiger partial charge in [-0.2, -0.15) is 13.2 Å². The predicted octanol–water partition coefficient (Wildman–Crippen LogP) is 3.55. The second-order valence-electron chi connectivity index (χ2n) is 7.14. The van der Waals surface area contributed by atoms with Gasteiger partial charge >= 0.3 is 6.18 Å². The van der Waals surface area contributed by atoms with Crippen molar-refractivity contribution in [3.05, 3.63) is 29.3 Å². The van der Waals surface area contributed by atoms with Crippen LogP contribution in [0.1, 0.15) is 42.1 Å². The Morgan fingerprint density at radius 3 is 2.44 bits per heavy atom. The predicted molar refractivity (Wildman–Crippen MR) is 93.3 cm³/mol. The number of carbonyl (C=O) groups excluding carboxylic acids is 2. The van der Waals surface area contributed by atoms with Crippen molar-refractivity contribution in [2.45, 2.75) is 32.4 Å². The Bertz CT molecular complexity index is 709. The largest absolute Gasteiger partial charge is 0.416 e. The molecule has 2 fully saturated rings. The highest BCUT2D eigenvalue weighted by atomic mass is 19.4. The molecule has 1 aromatic rings. The topological polar surface area (TPSA) is 58.6 Å². The lowest BCUT2D eigenvalue weighted by molar-refractivity contribution is -0.137. The summed E-state index contributed by atoms with van der Waals surface area (Å²) in [5.41, 5.74) is -1.08. The maximum atomic E-state index is 13.3. The smallest absolute Gasteiger partial charge is 0.372 e. The summed E-state index contributed by atoms with van der Waals surface area (Å²) < 4.78 is 44.7. The fraction of sp³-hybridized carbons (Fsp3) is 0.579. The van der Waals surface area contributed by atoms with Crippen molar-refractivity contribution in [3.8, 4) is 0 Å². The molecule has 1 N–H and O–H groups in total. The number of amides is 2. The Balaban J connectivity index is 1.81. The summed E-state index contributed by atoms with van der Waals surface area (Å²) in [5.74, 6) is -0.0867. The van der Waals surface area contributed by atoms with Crippen molar-refractivity contribution < 1.29 is 27.5 Å². The molecule has 2 atom stereocenters. The lowest BCUT2D eigenvalue weighted by Crippen LogP contribution is -2.30. The fourth-order valence-corrected chi connectivity index (χ4v) is 3.96. The van der Waals surface area contributed by atoms with Gasteiger partial charge in [-0.05, 0) is 49.8 Å². The van der Waals surface area contributed by atoms with E-state index in [0.717, 1.165) is 31.4 Å². The van der Waals surface area contributed by atoms with Gasteiger partial charge in [0.05, 0.1) is 5.56 Å². The molecule has 0 radical (unpaired) electrons. The summed E-state index contributed by atoms with van der Waals surface area (Å²) in [4.78, 5) is 26.2. The number of halogens is 3. The highest BCUT2D eigenvalue weighted by Gasteiger charge is 2.39. The third kappa shape index (κ3) is 4.61. The number of fused-ring (bicyclic) bond motifs is 1. The van der Waals surface area contributed by atoms with E-state index >= 15 is 0 Å². The van der Waals surface area contributed by atoms with Gasteiger partial charge in [0.2, 0.25) is 5.91 Å². The molecule has 0 bridgehead atoms.